The number of benzene rings is 2. The summed E-state index contributed by atoms with van der Waals surface area (Å²) in [6.07, 6.45) is 0. The average molecular weight is 305 g/mol. The summed E-state index contributed by atoms with van der Waals surface area (Å²) < 4.78 is 13.7. The fourth-order valence-corrected chi connectivity index (χ4v) is 2.24. The van der Waals surface area contributed by atoms with E-state index in [1.165, 1.54) is 6.07 Å². The van der Waals surface area contributed by atoms with Crippen LogP contribution in [0.5, 0.6) is 0 Å². The molecule has 2 aromatic carbocycles. The zero-order chi connectivity index (χ0) is 15.1. The summed E-state index contributed by atoms with van der Waals surface area (Å²) in [7, 11) is 0. The van der Waals surface area contributed by atoms with Crippen molar-refractivity contribution in [3.63, 3.8) is 0 Å². The molecule has 4 nitrogen and oxygen atoms in total. The molecule has 0 unspecified atom stereocenters. The van der Waals surface area contributed by atoms with Crippen molar-refractivity contribution in [2.24, 2.45) is 0 Å². The van der Waals surface area contributed by atoms with Crippen molar-refractivity contribution < 1.29 is 14.3 Å². The lowest BCUT2D eigenvalue weighted by atomic mass is 10.1. The molecule has 0 saturated heterocycles. The number of fused-ring (bicyclic) bond motifs is 1. The van der Waals surface area contributed by atoms with E-state index in [1.807, 2.05) is 13.0 Å². The van der Waals surface area contributed by atoms with Crippen LogP contribution in [0.25, 0.3) is 22.4 Å². The standard InChI is InChI=1S/C15H10ClFN2O2/c1-7-4-8(2-3-10(7)16)14-18-12-5-9(15(20)21)11(17)6-13(12)19-14/h2-6H,1H3,(H,18,19)(H,20,21). The number of aromatic carboxylic acids is 1. The van der Waals surface area contributed by atoms with Gasteiger partial charge in [-0.15, -0.1) is 0 Å². The molecule has 1 aromatic heterocycles. The summed E-state index contributed by atoms with van der Waals surface area (Å²) >= 11 is 5.98. The molecule has 3 rings (SSSR count). The van der Waals surface area contributed by atoms with Gasteiger partial charge in [0.1, 0.15) is 11.6 Å². The van der Waals surface area contributed by atoms with Crippen LogP contribution >= 0.6 is 11.6 Å². The molecular formula is C15H10ClFN2O2. The Morgan fingerprint density at radius 2 is 2.10 bits per heavy atom. The number of aromatic amines is 1. The van der Waals surface area contributed by atoms with Crippen molar-refractivity contribution in [1.29, 1.82) is 0 Å². The highest BCUT2D eigenvalue weighted by molar-refractivity contribution is 6.31. The summed E-state index contributed by atoms with van der Waals surface area (Å²) in [5.74, 6) is -1.58. The van der Waals surface area contributed by atoms with Gasteiger partial charge in [-0.3, -0.25) is 0 Å². The van der Waals surface area contributed by atoms with Crippen LogP contribution in [0.4, 0.5) is 4.39 Å². The quantitative estimate of drug-likeness (QED) is 0.751. The summed E-state index contributed by atoms with van der Waals surface area (Å²) in [6, 6.07) is 7.76. The van der Waals surface area contributed by atoms with Crippen molar-refractivity contribution >= 4 is 28.6 Å². The minimum Gasteiger partial charge on any atom is -0.478 e. The number of nitrogens with one attached hydrogen (secondary N) is 1. The lowest BCUT2D eigenvalue weighted by Gasteiger charge is -2.00. The number of nitrogens with zero attached hydrogens (tertiary/aromatic N) is 1. The predicted molar refractivity (Wildman–Crippen MR) is 78.2 cm³/mol. The highest BCUT2D eigenvalue weighted by Gasteiger charge is 2.14. The molecule has 0 aliphatic rings. The Labute approximate surface area is 124 Å². The van der Waals surface area contributed by atoms with Crippen LogP contribution in [0.3, 0.4) is 0 Å². The first-order valence-corrected chi connectivity index (χ1v) is 6.52. The Hall–Kier alpha value is -2.40. The third kappa shape index (κ3) is 2.36. The molecule has 0 aliphatic carbocycles. The summed E-state index contributed by atoms with van der Waals surface area (Å²) in [5, 5.41) is 9.57. The van der Waals surface area contributed by atoms with E-state index in [-0.39, 0.29) is 0 Å². The highest BCUT2D eigenvalue weighted by atomic mass is 35.5. The first-order chi connectivity index (χ1) is 9.95. The molecule has 1 heterocycles. The molecule has 3 aromatic rings. The van der Waals surface area contributed by atoms with E-state index in [4.69, 9.17) is 16.7 Å². The van der Waals surface area contributed by atoms with Crippen molar-refractivity contribution in [2.45, 2.75) is 6.92 Å². The minimum absolute atomic E-state index is 0.396. The molecule has 0 bridgehead atoms. The van der Waals surface area contributed by atoms with Crippen LogP contribution in [0.1, 0.15) is 15.9 Å². The van der Waals surface area contributed by atoms with Crippen LogP contribution in [0, 0.1) is 12.7 Å². The molecular weight excluding hydrogens is 295 g/mol. The van der Waals surface area contributed by atoms with Gasteiger partial charge in [0.15, 0.2) is 0 Å². The van der Waals surface area contributed by atoms with Crippen molar-refractivity contribution in [1.82, 2.24) is 9.97 Å². The Morgan fingerprint density at radius 1 is 1.33 bits per heavy atom. The fraction of sp³-hybridized carbons (Fsp3) is 0.0667. The van der Waals surface area contributed by atoms with E-state index in [9.17, 15) is 9.18 Å². The molecule has 6 heteroatoms. The van der Waals surface area contributed by atoms with E-state index in [0.717, 1.165) is 17.2 Å². The van der Waals surface area contributed by atoms with Crippen LogP contribution in [-0.2, 0) is 0 Å². The molecule has 0 spiro atoms. The number of imidazole rings is 1. The monoisotopic (exact) mass is 304 g/mol. The van der Waals surface area contributed by atoms with E-state index in [0.29, 0.717) is 21.9 Å². The number of halogens is 2. The first kappa shape index (κ1) is 13.6. The van der Waals surface area contributed by atoms with Gasteiger partial charge in [-0.05, 0) is 36.8 Å². The van der Waals surface area contributed by atoms with Crippen molar-refractivity contribution in [3.8, 4) is 11.4 Å². The number of hydrogen-bond acceptors (Lipinski definition) is 2. The van der Waals surface area contributed by atoms with Crippen LogP contribution in [0.15, 0.2) is 30.3 Å². The molecule has 0 saturated carbocycles. The van der Waals surface area contributed by atoms with Gasteiger partial charge >= 0.3 is 5.97 Å². The largest absolute Gasteiger partial charge is 0.478 e. The second kappa shape index (κ2) is 4.86. The number of carbonyl (C=O) groups is 1. The maximum absolute atomic E-state index is 13.7. The zero-order valence-electron chi connectivity index (χ0n) is 10.9. The van der Waals surface area contributed by atoms with E-state index in [2.05, 4.69) is 9.97 Å². The average Bonchev–Trinajstić information content (AvgIpc) is 2.83. The maximum atomic E-state index is 13.7. The molecule has 0 aliphatic heterocycles. The topological polar surface area (TPSA) is 66.0 Å². The summed E-state index contributed by atoms with van der Waals surface area (Å²) in [4.78, 5) is 18.2. The SMILES string of the molecule is Cc1cc(-c2nc3cc(C(=O)O)c(F)cc3[nH]2)ccc1Cl. The molecule has 106 valence electrons. The number of aryl methyl sites for hydroxylation is 1. The summed E-state index contributed by atoms with van der Waals surface area (Å²) in [6.45, 7) is 1.87. The van der Waals surface area contributed by atoms with Gasteiger partial charge in [0.05, 0.1) is 16.6 Å². The smallest absolute Gasteiger partial charge is 0.338 e. The number of carboxylic acids is 1. The van der Waals surface area contributed by atoms with Gasteiger partial charge in [0.25, 0.3) is 0 Å². The molecule has 0 atom stereocenters. The Morgan fingerprint density at radius 3 is 2.76 bits per heavy atom. The number of H-pyrrole nitrogens is 1. The Balaban J connectivity index is 2.16. The normalized spacial score (nSPS) is 11.0. The van der Waals surface area contributed by atoms with Gasteiger partial charge in [-0.2, -0.15) is 0 Å². The number of aromatic nitrogens is 2. The summed E-state index contributed by atoms with van der Waals surface area (Å²) in [5.41, 5.74) is 2.14. The highest BCUT2D eigenvalue weighted by Crippen LogP contribution is 2.26. The predicted octanol–water partition coefficient (Wildman–Crippen LogP) is 4.03. The third-order valence-electron chi connectivity index (χ3n) is 3.23. The lowest BCUT2D eigenvalue weighted by molar-refractivity contribution is 0.0692. The maximum Gasteiger partial charge on any atom is 0.338 e. The minimum atomic E-state index is -1.32. The fourth-order valence-electron chi connectivity index (χ4n) is 2.12. The first-order valence-electron chi connectivity index (χ1n) is 6.15. The van der Waals surface area contributed by atoms with Gasteiger partial charge < -0.3 is 10.1 Å². The number of hydrogen-bond donors (Lipinski definition) is 2. The number of carboxylic acid groups (broad SMARTS) is 1. The van der Waals surface area contributed by atoms with Gasteiger partial charge in [0.2, 0.25) is 0 Å². The lowest BCUT2D eigenvalue weighted by Crippen LogP contribution is -1.99. The molecule has 2 N–H and O–H groups in total. The van der Waals surface area contributed by atoms with Gasteiger partial charge in [0, 0.05) is 16.7 Å². The second-order valence-electron chi connectivity index (χ2n) is 4.70. The van der Waals surface area contributed by atoms with Crippen LogP contribution in [0.2, 0.25) is 5.02 Å². The van der Waals surface area contributed by atoms with Gasteiger partial charge in [-0.1, -0.05) is 11.6 Å². The van der Waals surface area contributed by atoms with Crippen molar-refractivity contribution in [2.75, 3.05) is 0 Å². The zero-order valence-corrected chi connectivity index (χ0v) is 11.7. The Bertz CT molecular complexity index is 873. The third-order valence-corrected chi connectivity index (χ3v) is 3.66. The van der Waals surface area contributed by atoms with E-state index < -0.39 is 17.3 Å². The molecule has 21 heavy (non-hydrogen) atoms. The van der Waals surface area contributed by atoms with Crippen molar-refractivity contribution in [3.05, 3.63) is 52.3 Å². The van der Waals surface area contributed by atoms with Crippen LogP contribution < -0.4 is 0 Å². The van der Waals surface area contributed by atoms with E-state index in [1.54, 1.807) is 12.1 Å². The van der Waals surface area contributed by atoms with Gasteiger partial charge in [-0.25, -0.2) is 14.2 Å². The molecule has 0 fully saturated rings. The van der Waals surface area contributed by atoms with E-state index >= 15 is 0 Å². The Kier molecular flexibility index (Phi) is 3.14. The molecule has 0 amide bonds. The second-order valence-corrected chi connectivity index (χ2v) is 5.11. The number of rotatable bonds is 2. The molecule has 0 radical (unpaired) electrons. The van der Waals surface area contributed by atoms with Crippen LogP contribution in [-0.4, -0.2) is 21.0 Å².